The number of benzene rings is 1. The number of halogens is 1. The largest absolute Gasteiger partial charge is 0.325 e. The van der Waals surface area contributed by atoms with Crippen molar-refractivity contribution in [3.8, 4) is 11.4 Å². The van der Waals surface area contributed by atoms with Crippen molar-refractivity contribution >= 4 is 11.6 Å². The molecule has 0 aliphatic rings. The summed E-state index contributed by atoms with van der Waals surface area (Å²) in [7, 11) is 0. The average molecular weight is 288 g/mol. The Morgan fingerprint density at radius 1 is 1.43 bits per heavy atom. The lowest BCUT2D eigenvalue weighted by Gasteiger charge is -2.24. The van der Waals surface area contributed by atoms with Gasteiger partial charge in [-0.25, -0.2) is 9.37 Å². The van der Waals surface area contributed by atoms with Crippen LogP contribution in [0, 0.1) is 11.2 Å². The Morgan fingerprint density at radius 2 is 2.14 bits per heavy atom. The number of H-pyrrole nitrogens is 1. The van der Waals surface area contributed by atoms with Crippen LogP contribution in [-0.2, 0) is 4.79 Å². The molecule has 0 saturated carbocycles. The number of rotatable bonds is 4. The zero-order valence-electron chi connectivity index (χ0n) is 12.2. The molecular formula is C15H17FN4O. The van der Waals surface area contributed by atoms with Crippen molar-refractivity contribution < 1.29 is 9.18 Å². The molecule has 1 amide bonds. The van der Waals surface area contributed by atoms with Crippen LogP contribution in [0.2, 0.25) is 0 Å². The first-order valence-electron chi connectivity index (χ1n) is 6.45. The number of anilines is 1. The van der Waals surface area contributed by atoms with Crippen molar-refractivity contribution in [3.63, 3.8) is 0 Å². The Labute approximate surface area is 122 Å². The molecular weight excluding hydrogens is 271 g/mol. The molecule has 0 radical (unpaired) electrons. The van der Waals surface area contributed by atoms with E-state index in [1.807, 2.05) is 0 Å². The van der Waals surface area contributed by atoms with Gasteiger partial charge in [0, 0.05) is 5.69 Å². The van der Waals surface area contributed by atoms with Crippen LogP contribution >= 0.6 is 0 Å². The molecule has 110 valence electrons. The van der Waals surface area contributed by atoms with E-state index in [1.165, 1.54) is 24.5 Å². The standard InChI is InChI=1S/C15H17FN4O/c1-9(2)15(3,4)14(21)19-10-5-6-12(16)11(7-10)13-17-8-18-20-13/h5-8H,1H2,2-4H3,(H,19,21)(H,17,18,20). The molecule has 6 heteroatoms. The van der Waals surface area contributed by atoms with E-state index in [-0.39, 0.29) is 11.5 Å². The molecule has 0 bridgehead atoms. The maximum Gasteiger partial charge on any atom is 0.234 e. The lowest BCUT2D eigenvalue weighted by atomic mass is 9.85. The third-order valence-corrected chi connectivity index (χ3v) is 3.53. The van der Waals surface area contributed by atoms with E-state index in [2.05, 4.69) is 27.1 Å². The first-order valence-corrected chi connectivity index (χ1v) is 6.45. The van der Waals surface area contributed by atoms with E-state index < -0.39 is 11.2 Å². The van der Waals surface area contributed by atoms with Crippen LogP contribution in [0.3, 0.4) is 0 Å². The molecule has 5 nitrogen and oxygen atoms in total. The van der Waals surface area contributed by atoms with E-state index in [0.717, 1.165) is 5.57 Å². The van der Waals surface area contributed by atoms with Gasteiger partial charge in [0.2, 0.25) is 5.91 Å². The minimum absolute atomic E-state index is 0.204. The molecule has 0 spiro atoms. The summed E-state index contributed by atoms with van der Waals surface area (Å²) in [5.41, 5.74) is 0.777. The van der Waals surface area contributed by atoms with Crippen LogP contribution in [0.25, 0.3) is 11.4 Å². The van der Waals surface area contributed by atoms with Crippen LogP contribution in [-0.4, -0.2) is 21.1 Å². The van der Waals surface area contributed by atoms with Gasteiger partial charge in [0.05, 0.1) is 11.0 Å². The zero-order chi connectivity index (χ0) is 15.6. The van der Waals surface area contributed by atoms with Crippen LogP contribution in [0.15, 0.2) is 36.7 Å². The summed E-state index contributed by atoms with van der Waals surface area (Å²) in [6, 6.07) is 4.30. The fourth-order valence-corrected chi connectivity index (χ4v) is 1.60. The number of nitrogens with one attached hydrogen (secondary N) is 2. The Bertz CT molecular complexity index is 677. The number of aromatic amines is 1. The van der Waals surface area contributed by atoms with Crippen molar-refractivity contribution in [3.05, 3.63) is 42.5 Å². The molecule has 0 saturated heterocycles. The number of hydrogen-bond donors (Lipinski definition) is 2. The van der Waals surface area contributed by atoms with E-state index >= 15 is 0 Å². The van der Waals surface area contributed by atoms with Crippen LogP contribution in [0.1, 0.15) is 20.8 Å². The molecule has 0 aliphatic carbocycles. The second-order valence-corrected chi connectivity index (χ2v) is 5.39. The number of hydrogen-bond acceptors (Lipinski definition) is 3. The second-order valence-electron chi connectivity index (χ2n) is 5.39. The van der Waals surface area contributed by atoms with Crippen molar-refractivity contribution in [2.75, 3.05) is 5.32 Å². The van der Waals surface area contributed by atoms with Gasteiger partial charge in [-0.3, -0.25) is 9.89 Å². The summed E-state index contributed by atoms with van der Waals surface area (Å²) in [5, 5.41) is 9.05. The highest BCUT2D eigenvalue weighted by Gasteiger charge is 2.28. The molecule has 0 unspecified atom stereocenters. The molecule has 2 rings (SSSR count). The van der Waals surface area contributed by atoms with Crippen LogP contribution in [0.5, 0.6) is 0 Å². The van der Waals surface area contributed by atoms with Gasteiger partial charge in [0.25, 0.3) is 0 Å². The van der Waals surface area contributed by atoms with Crippen LogP contribution < -0.4 is 5.32 Å². The monoisotopic (exact) mass is 288 g/mol. The predicted octanol–water partition coefficient (Wildman–Crippen LogP) is 3.15. The molecule has 0 atom stereocenters. The Hall–Kier alpha value is -2.50. The van der Waals surface area contributed by atoms with Gasteiger partial charge in [0.1, 0.15) is 12.1 Å². The summed E-state index contributed by atoms with van der Waals surface area (Å²) in [5.74, 6) is -0.336. The van der Waals surface area contributed by atoms with Gasteiger partial charge in [-0.05, 0) is 39.0 Å². The first-order chi connectivity index (χ1) is 9.82. The quantitative estimate of drug-likeness (QED) is 0.849. The number of carbonyl (C=O) groups excluding carboxylic acids is 1. The topological polar surface area (TPSA) is 70.7 Å². The normalized spacial score (nSPS) is 11.2. The van der Waals surface area contributed by atoms with Gasteiger partial charge in [-0.1, -0.05) is 12.2 Å². The second kappa shape index (κ2) is 5.47. The summed E-state index contributed by atoms with van der Waals surface area (Å²) in [6.07, 6.45) is 1.30. The first kappa shape index (κ1) is 14.9. The maximum absolute atomic E-state index is 13.8. The molecule has 1 aromatic carbocycles. The highest BCUT2D eigenvalue weighted by Crippen LogP contribution is 2.28. The molecule has 0 fully saturated rings. The number of nitrogens with zero attached hydrogens (tertiary/aromatic N) is 2. The highest BCUT2D eigenvalue weighted by molar-refractivity contribution is 5.97. The van der Waals surface area contributed by atoms with Gasteiger partial charge >= 0.3 is 0 Å². The third kappa shape index (κ3) is 2.99. The number of carbonyl (C=O) groups is 1. The predicted molar refractivity (Wildman–Crippen MR) is 79.0 cm³/mol. The van der Waals surface area contributed by atoms with E-state index in [4.69, 9.17) is 0 Å². The summed E-state index contributed by atoms with van der Waals surface area (Å²) in [6.45, 7) is 9.18. The molecule has 1 heterocycles. The van der Waals surface area contributed by atoms with E-state index in [0.29, 0.717) is 11.5 Å². The molecule has 2 aromatic rings. The zero-order valence-corrected chi connectivity index (χ0v) is 12.2. The summed E-state index contributed by atoms with van der Waals surface area (Å²) in [4.78, 5) is 16.2. The Kier molecular flexibility index (Phi) is 3.88. The number of aromatic nitrogens is 3. The molecule has 0 aliphatic heterocycles. The fourth-order valence-electron chi connectivity index (χ4n) is 1.60. The van der Waals surface area contributed by atoms with Crippen molar-refractivity contribution in [1.29, 1.82) is 0 Å². The lowest BCUT2D eigenvalue weighted by Crippen LogP contribution is -2.31. The molecule has 21 heavy (non-hydrogen) atoms. The van der Waals surface area contributed by atoms with Crippen LogP contribution in [0.4, 0.5) is 10.1 Å². The third-order valence-electron chi connectivity index (χ3n) is 3.53. The van der Waals surface area contributed by atoms with Crippen molar-refractivity contribution in [2.45, 2.75) is 20.8 Å². The van der Waals surface area contributed by atoms with Gasteiger partial charge in [0.15, 0.2) is 5.82 Å². The average Bonchev–Trinajstić information content (AvgIpc) is 2.94. The Morgan fingerprint density at radius 3 is 2.71 bits per heavy atom. The fraction of sp³-hybridized carbons (Fsp3) is 0.267. The highest BCUT2D eigenvalue weighted by atomic mass is 19.1. The van der Waals surface area contributed by atoms with E-state index in [9.17, 15) is 9.18 Å². The van der Waals surface area contributed by atoms with E-state index in [1.54, 1.807) is 20.8 Å². The molecule has 2 N–H and O–H groups in total. The van der Waals surface area contributed by atoms with Crippen molar-refractivity contribution in [1.82, 2.24) is 15.2 Å². The Balaban J connectivity index is 2.29. The minimum Gasteiger partial charge on any atom is -0.325 e. The summed E-state index contributed by atoms with van der Waals surface area (Å²) < 4.78 is 13.8. The molecule has 1 aromatic heterocycles. The van der Waals surface area contributed by atoms with Gasteiger partial charge < -0.3 is 5.32 Å². The minimum atomic E-state index is -0.708. The smallest absolute Gasteiger partial charge is 0.234 e. The van der Waals surface area contributed by atoms with Gasteiger partial charge in [-0.15, -0.1) is 0 Å². The lowest BCUT2D eigenvalue weighted by molar-refractivity contribution is -0.122. The summed E-state index contributed by atoms with van der Waals surface area (Å²) >= 11 is 0. The van der Waals surface area contributed by atoms with Crippen molar-refractivity contribution in [2.24, 2.45) is 5.41 Å². The number of amides is 1. The SMILES string of the molecule is C=C(C)C(C)(C)C(=O)Nc1ccc(F)c(-c2ncn[nH]2)c1. The maximum atomic E-state index is 13.8. The van der Waals surface area contributed by atoms with Gasteiger partial charge in [-0.2, -0.15) is 5.10 Å².